The minimum Gasteiger partial charge on any atom is -0.506 e. The molecule has 0 bridgehead atoms. The van der Waals surface area contributed by atoms with Gasteiger partial charge in [-0.1, -0.05) is 98.2 Å². The van der Waals surface area contributed by atoms with Crippen molar-refractivity contribution in [3.63, 3.8) is 0 Å². The van der Waals surface area contributed by atoms with Crippen LogP contribution in [0.1, 0.15) is 62.3 Å². The molecule has 0 radical (unpaired) electrons. The quantitative estimate of drug-likeness (QED) is 0.169. The number of carbonyl (C=O) groups is 3. The third-order valence-electron chi connectivity index (χ3n) is 10.3. The van der Waals surface area contributed by atoms with Crippen molar-refractivity contribution in [1.29, 1.82) is 0 Å². The molecule has 10 heteroatoms. The molecule has 2 amide bonds. The summed E-state index contributed by atoms with van der Waals surface area (Å²) >= 11 is 7.07. The summed E-state index contributed by atoms with van der Waals surface area (Å²) in [6.45, 7) is 7.91. The first-order chi connectivity index (χ1) is 25.6. The lowest BCUT2D eigenvalue weighted by molar-refractivity contribution is -0.134. The number of ketones is 1. The second kappa shape index (κ2) is 15.5. The Morgan fingerprint density at radius 1 is 0.849 bits per heavy atom. The summed E-state index contributed by atoms with van der Waals surface area (Å²) in [6, 6.07) is 29.5. The number of Topliss-reactive ketones (excluding diaryl/α,β-unsaturated/α-hetero) is 1. The van der Waals surface area contributed by atoms with Gasteiger partial charge in [-0.25, -0.2) is 0 Å². The maximum atomic E-state index is 14.6. The van der Waals surface area contributed by atoms with Gasteiger partial charge in [0.25, 0.3) is 0 Å². The first kappa shape index (κ1) is 36.2. The van der Waals surface area contributed by atoms with Gasteiger partial charge in [-0.3, -0.25) is 24.2 Å². The number of aromatic hydroxyl groups is 1. The van der Waals surface area contributed by atoms with Gasteiger partial charge in [-0.2, -0.15) is 0 Å². The second-order valence-electron chi connectivity index (χ2n) is 14.9. The predicted molar refractivity (Wildman–Crippen MR) is 207 cm³/mol. The summed E-state index contributed by atoms with van der Waals surface area (Å²) < 4.78 is 6.07. The number of halogens is 1. The molecule has 3 aliphatic rings. The van der Waals surface area contributed by atoms with E-state index in [1.165, 1.54) is 5.56 Å². The smallest absolute Gasteiger partial charge is 0.228 e. The number of benzene rings is 4. The van der Waals surface area contributed by atoms with Crippen molar-refractivity contribution in [3.8, 4) is 11.5 Å². The van der Waals surface area contributed by atoms with Crippen LogP contribution < -0.4 is 15.0 Å². The van der Waals surface area contributed by atoms with Crippen molar-refractivity contribution in [3.05, 3.63) is 130 Å². The zero-order chi connectivity index (χ0) is 37.1. The Kier molecular flexibility index (Phi) is 10.6. The van der Waals surface area contributed by atoms with Gasteiger partial charge in [0.15, 0.2) is 5.78 Å². The molecule has 1 aliphatic carbocycles. The number of anilines is 2. The highest BCUT2D eigenvalue weighted by atomic mass is 35.5. The van der Waals surface area contributed by atoms with Gasteiger partial charge in [0.05, 0.1) is 11.7 Å². The van der Waals surface area contributed by atoms with Gasteiger partial charge in [-0.15, -0.1) is 0 Å². The Bertz CT molecular complexity index is 2030. The number of allylic oxidation sites excluding steroid dienone is 1. The lowest BCUT2D eigenvalue weighted by Crippen LogP contribution is -2.48. The number of para-hydroxylation sites is 1. The fraction of sp³-hybridized carbons (Fsp3) is 0.326. The SMILES string of the molecule is CC1(C)CC(=O)C2=C(C1)Nc1c(O)cccc1N(C(=O)CCC(=O)N1CCN(Cc3ccccc3)CC1)C2c1ccc(OCc2ccccc2)cc1Cl. The molecular weight excluding hydrogens is 688 g/mol. The molecule has 2 heterocycles. The molecule has 4 aromatic carbocycles. The number of nitrogens with zero attached hydrogens (tertiary/aromatic N) is 3. The molecule has 0 aromatic heterocycles. The summed E-state index contributed by atoms with van der Waals surface area (Å²) in [7, 11) is 0. The van der Waals surface area contributed by atoms with Crippen LogP contribution in [0.5, 0.6) is 11.5 Å². The predicted octanol–water partition coefficient (Wildman–Crippen LogP) is 7.89. The van der Waals surface area contributed by atoms with Crippen LogP contribution in [0.4, 0.5) is 11.4 Å². The van der Waals surface area contributed by atoms with Gasteiger partial charge in [0, 0.05) is 68.3 Å². The highest BCUT2D eigenvalue weighted by Gasteiger charge is 2.44. The van der Waals surface area contributed by atoms with Crippen LogP contribution in [0.15, 0.2) is 108 Å². The van der Waals surface area contributed by atoms with Crippen LogP contribution in [0.2, 0.25) is 5.02 Å². The molecular formula is C43H45ClN4O5. The zero-order valence-corrected chi connectivity index (χ0v) is 30.9. The standard InChI is InChI=1S/C43H45ClN4O5/c1-43(2)25-34-40(37(50)26-43)42(32-17-16-31(24-33(32)44)53-28-30-12-7-4-8-13-30)48(35-14-9-15-36(49)41(35)45-34)39(52)19-18-38(51)47-22-20-46(21-23-47)27-29-10-5-3-6-11-29/h3-17,24,42,45,49H,18-23,25-28H2,1-2H3. The Hall–Kier alpha value is -5.12. The van der Waals surface area contributed by atoms with Crippen LogP contribution >= 0.6 is 11.6 Å². The van der Waals surface area contributed by atoms with Gasteiger partial charge in [0.2, 0.25) is 11.8 Å². The van der Waals surface area contributed by atoms with Gasteiger partial charge < -0.3 is 20.1 Å². The molecule has 1 fully saturated rings. The van der Waals surface area contributed by atoms with E-state index in [4.69, 9.17) is 16.3 Å². The number of hydrogen-bond acceptors (Lipinski definition) is 7. The lowest BCUT2D eigenvalue weighted by Gasteiger charge is -2.37. The maximum Gasteiger partial charge on any atom is 0.228 e. The Morgan fingerprint density at radius 2 is 1.53 bits per heavy atom. The lowest BCUT2D eigenvalue weighted by atomic mass is 9.73. The topological polar surface area (TPSA) is 102 Å². The van der Waals surface area contributed by atoms with E-state index >= 15 is 0 Å². The van der Waals surface area contributed by atoms with E-state index in [2.05, 4.69) is 22.3 Å². The van der Waals surface area contributed by atoms with Gasteiger partial charge in [0.1, 0.15) is 23.8 Å². The Morgan fingerprint density at radius 3 is 2.23 bits per heavy atom. The normalized spacial score (nSPS) is 18.5. The number of phenolic OH excluding ortho intramolecular Hbond substituents is 1. The van der Waals surface area contributed by atoms with E-state index in [1.54, 1.807) is 41.3 Å². The fourth-order valence-electron chi connectivity index (χ4n) is 7.66. The highest BCUT2D eigenvalue weighted by Crippen LogP contribution is 2.51. The minimum atomic E-state index is -0.913. The van der Waals surface area contributed by atoms with E-state index in [0.29, 0.717) is 65.1 Å². The van der Waals surface area contributed by atoms with Crippen LogP contribution in [-0.2, 0) is 27.5 Å². The molecule has 0 spiro atoms. The molecule has 1 atom stereocenters. The number of rotatable bonds is 9. The van der Waals surface area contributed by atoms with E-state index in [0.717, 1.165) is 25.2 Å². The zero-order valence-electron chi connectivity index (χ0n) is 30.2. The summed E-state index contributed by atoms with van der Waals surface area (Å²) in [5.41, 5.74) is 4.24. The fourth-order valence-corrected chi connectivity index (χ4v) is 7.94. The number of carbonyl (C=O) groups excluding carboxylic acids is 3. The van der Waals surface area contributed by atoms with Crippen molar-refractivity contribution in [2.75, 3.05) is 36.4 Å². The van der Waals surface area contributed by atoms with E-state index in [1.807, 2.05) is 67.3 Å². The summed E-state index contributed by atoms with van der Waals surface area (Å²) in [6.07, 6.45) is 0.714. The van der Waals surface area contributed by atoms with Crippen molar-refractivity contribution in [2.45, 2.75) is 58.7 Å². The van der Waals surface area contributed by atoms with Crippen LogP contribution in [0, 0.1) is 5.41 Å². The molecule has 274 valence electrons. The summed E-state index contributed by atoms with van der Waals surface area (Å²) in [4.78, 5) is 48.1. The number of fused-ring (bicyclic) bond motifs is 1. The summed E-state index contributed by atoms with van der Waals surface area (Å²) in [5, 5.41) is 14.9. The van der Waals surface area contributed by atoms with E-state index < -0.39 is 6.04 Å². The first-order valence-corrected chi connectivity index (χ1v) is 18.6. The molecule has 1 unspecified atom stereocenters. The molecule has 2 N–H and O–H groups in total. The number of piperazine rings is 1. The average molecular weight is 733 g/mol. The molecule has 1 saturated heterocycles. The van der Waals surface area contributed by atoms with Crippen molar-refractivity contribution in [2.24, 2.45) is 5.41 Å². The number of ether oxygens (including phenoxy) is 1. The Labute approximate surface area is 315 Å². The molecule has 7 rings (SSSR count). The largest absolute Gasteiger partial charge is 0.506 e. The molecule has 0 saturated carbocycles. The third kappa shape index (κ3) is 8.11. The molecule has 53 heavy (non-hydrogen) atoms. The third-order valence-corrected chi connectivity index (χ3v) is 10.6. The van der Waals surface area contributed by atoms with Crippen molar-refractivity contribution >= 4 is 40.6 Å². The van der Waals surface area contributed by atoms with Crippen LogP contribution in [-0.4, -0.2) is 58.7 Å². The Balaban J connectivity index is 1.17. The molecule has 2 aliphatic heterocycles. The monoisotopic (exact) mass is 732 g/mol. The highest BCUT2D eigenvalue weighted by molar-refractivity contribution is 6.31. The maximum absolute atomic E-state index is 14.6. The number of phenols is 1. The average Bonchev–Trinajstić information content (AvgIpc) is 3.29. The van der Waals surface area contributed by atoms with Gasteiger partial charge in [-0.05, 0) is 52.8 Å². The van der Waals surface area contributed by atoms with Crippen molar-refractivity contribution in [1.82, 2.24) is 9.80 Å². The van der Waals surface area contributed by atoms with Crippen LogP contribution in [0.3, 0.4) is 0 Å². The van der Waals surface area contributed by atoms with E-state index in [9.17, 15) is 19.5 Å². The van der Waals surface area contributed by atoms with Crippen molar-refractivity contribution < 1.29 is 24.2 Å². The first-order valence-electron chi connectivity index (χ1n) is 18.2. The number of hydrogen-bond donors (Lipinski definition) is 2. The molecule has 9 nitrogen and oxygen atoms in total. The van der Waals surface area contributed by atoms with Crippen LogP contribution in [0.25, 0.3) is 0 Å². The minimum absolute atomic E-state index is 0.00912. The van der Waals surface area contributed by atoms with E-state index in [-0.39, 0.29) is 48.0 Å². The number of amides is 2. The molecule has 4 aromatic rings. The summed E-state index contributed by atoms with van der Waals surface area (Å²) in [5.74, 6) is -0.0594. The van der Waals surface area contributed by atoms with Gasteiger partial charge >= 0.3 is 0 Å². The number of nitrogens with one attached hydrogen (secondary N) is 1. The second-order valence-corrected chi connectivity index (χ2v) is 15.3.